The van der Waals surface area contributed by atoms with E-state index in [2.05, 4.69) is 11.1 Å². The Morgan fingerprint density at radius 1 is 1.14 bits per heavy atom. The summed E-state index contributed by atoms with van der Waals surface area (Å²) in [6, 6.07) is 15.7. The Hall–Kier alpha value is -3.72. The molecule has 2 aromatic carbocycles. The van der Waals surface area contributed by atoms with Crippen LogP contribution in [0.25, 0.3) is 0 Å². The molecule has 0 N–H and O–H groups in total. The van der Waals surface area contributed by atoms with Crippen LogP contribution in [0.5, 0.6) is 17.4 Å². The molecular formula is C22H15FN2O3. The second-order valence-electron chi connectivity index (χ2n) is 6.39. The first-order valence-electron chi connectivity index (χ1n) is 8.74. The molecule has 0 saturated carbocycles. The third kappa shape index (κ3) is 3.69. The summed E-state index contributed by atoms with van der Waals surface area (Å²) in [4.78, 5) is 16.0. The van der Waals surface area contributed by atoms with Crippen molar-refractivity contribution in [1.82, 2.24) is 4.98 Å². The van der Waals surface area contributed by atoms with E-state index >= 15 is 0 Å². The van der Waals surface area contributed by atoms with Crippen LogP contribution in [0.4, 0.5) is 4.39 Å². The number of benzene rings is 2. The number of Topliss-reactive ketones (excluding diaryl/α,β-unsaturated/α-hetero) is 1. The van der Waals surface area contributed by atoms with Gasteiger partial charge in [-0.15, -0.1) is 0 Å². The number of ketones is 1. The molecule has 0 amide bonds. The average molecular weight is 374 g/mol. The predicted molar refractivity (Wildman–Crippen MR) is 99.1 cm³/mol. The standard InChI is InChI=1S/C22H15FN2O3/c23-18-11-17(12-20-22(18)19(26)6-8-27-20)28-21-10-16(5-7-25-21)9-14-1-3-15(13-24)4-2-14/h1-5,7,10-12H,6,8-9H2. The molecule has 0 atom stereocenters. The molecule has 0 radical (unpaired) electrons. The van der Waals surface area contributed by atoms with Crippen molar-refractivity contribution >= 4 is 5.78 Å². The van der Waals surface area contributed by atoms with E-state index in [1.807, 2.05) is 18.2 Å². The molecule has 1 aromatic heterocycles. The Balaban J connectivity index is 1.54. The molecule has 0 fully saturated rings. The third-order valence-corrected chi connectivity index (χ3v) is 4.41. The maximum Gasteiger partial charge on any atom is 0.219 e. The van der Waals surface area contributed by atoms with Crippen LogP contribution < -0.4 is 9.47 Å². The molecule has 138 valence electrons. The number of fused-ring (bicyclic) bond motifs is 1. The van der Waals surface area contributed by atoms with Crippen molar-refractivity contribution in [3.8, 4) is 23.4 Å². The summed E-state index contributed by atoms with van der Waals surface area (Å²) in [5.74, 6) is -0.208. The zero-order chi connectivity index (χ0) is 19.5. The number of nitrogens with zero attached hydrogens (tertiary/aromatic N) is 2. The Morgan fingerprint density at radius 2 is 1.96 bits per heavy atom. The molecule has 4 rings (SSSR count). The van der Waals surface area contributed by atoms with Gasteiger partial charge in [-0.25, -0.2) is 9.37 Å². The minimum absolute atomic E-state index is 0.0267. The van der Waals surface area contributed by atoms with Gasteiger partial charge in [-0.05, 0) is 35.7 Å². The first kappa shape index (κ1) is 17.7. The molecule has 28 heavy (non-hydrogen) atoms. The maximum atomic E-state index is 14.3. The maximum absolute atomic E-state index is 14.3. The average Bonchev–Trinajstić information content (AvgIpc) is 2.69. The van der Waals surface area contributed by atoms with Crippen LogP contribution in [-0.4, -0.2) is 17.4 Å². The highest BCUT2D eigenvalue weighted by molar-refractivity contribution is 6.00. The summed E-state index contributed by atoms with van der Waals surface area (Å²) in [6.07, 6.45) is 2.42. The summed E-state index contributed by atoms with van der Waals surface area (Å²) in [5.41, 5.74) is 2.58. The number of nitriles is 1. The van der Waals surface area contributed by atoms with Crippen LogP contribution in [0.2, 0.25) is 0 Å². The van der Waals surface area contributed by atoms with E-state index in [-0.39, 0.29) is 35.9 Å². The third-order valence-electron chi connectivity index (χ3n) is 4.41. The molecule has 3 aromatic rings. The highest BCUT2D eigenvalue weighted by Gasteiger charge is 2.24. The van der Waals surface area contributed by atoms with Gasteiger partial charge in [0, 0.05) is 30.8 Å². The quantitative estimate of drug-likeness (QED) is 0.675. The molecular weight excluding hydrogens is 359 g/mol. The summed E-state index contributed by atoms with van der Waals surface area (Å²) in [7, 11) is 0. The predicted octanol–water partition coefficient (Wildman–Crippen LogP) is 4.44. The summed E-state index contributed by atoms with van der Waals surface area (Å²) >= 11 is 0. The lowest BCUT2D eigenvalue weighted by Crippen LogP contribution is -2.17. The molecule has 6 heteroatoms. The van der Waals surface area contributed by atoms with E-state index in [1.54, 1.807) is 24.4 Å². The van der Waals surface area contributed by atoms with E-state index in [0.29, 0.717) is 17.9 Å². The lowest BCUT2D eigenvalue weighted by molar-refractivity contribution is 0.0927. The fraction of sp³-hybridized carbons (Fsp3) is 0.136. The van der Waals surface area contributed by atoms with Gasteiger partial charge in [0.2, 0.25) is 5.88 Å². The van der Waals surface area contributed by atoms with Crippen LogP contribution in [0, 0.1) is 17.1 Å². The zero-order valence-corrected chi connectivity index (χ0v) is 14.8. The van der Waals surface area contributed by atoms with E-state index in [9.17, 15) is 9.18 Å². The normalized spacial score (nSPS) is 12.6. The number of hydrogen-bond donors (Lipinski definition) is 0. The van der Waals surface area contributed by atoms with Crippen LogP contribution >= 0.6 is 0 Å². The van der Waals surface area contributed by atoms with E-state index in [1.165, 1.54) is 12.1 Å². The number of ether oxygens (including phenoxy) is 2. The van der Waals surface area contributed by atoms with Gasteiger partial charge >= 0.3 is 0 Å². The Kier molecular flexibility index (Phi) is 4.73. The van der Waals surface area contributed by atoms with Crippen molar-refractivity contribution < 1.29 is 18.7 Å². The number of rotatable bonds is 4. The van der Waals surface area contributed by atoms with Crippen LogP contribution in [0.3, 0.4) is 0 Å². The fourth-order valence-electron chi connectivity index (χ4n) is 3.05. The summed E-state index contributed by atoms with van der Waals surface area (Å²) in [6.45, 7) is 0.229. The van der Waals surface area contributed by atoms with E-state index < -0.39 is 5.82 Å². The van der Waals surface area contributed by atoms with Crippen molar-refractivity contribution in [2.45, 2.75) is 12.8 Å². The highest BCUT2D eigenvalue weighted by Crippen LogP contribution is 2.33. The van der Waals surface area contributed by atoms with Gasteiger partial charge in [0.05, 0.1) is 23.8 Å². The van der Waals surface area contributed by atoms with Crippen LogP contribution in [-0.2, 0) is 6.42 Å². The lowest BCUT2D eigenvalue weighted by atomic mass is 10.0. The molecule has 0 saturated heterocycles. The topological polar surface area (TPSA) is 72.2 Å². The van der Waals surface area contributed by atoms with Crippen molar-refractivity contribution in [2.75, 3.05) is 6.61 Å². The number of carbonyl (C=O) groups is 1. The number of carbonyl (C=O) groups excluding carboxylic acids is 1. The van der Waals surface area contributed by atoms with Crippen molar-refractivity contribution in [2.24, 2.45) is 0 Å². The van der Waals surface area contributed by atoms with Crippen molar-refractivity contribution in [3.63, 3.8) is 0 Å². The van der Waals surface area contributed by atoms with E-state index in [0.717, 1.165) is 11.1 Å². The molecule has 0 unspecified atom stereocenters. The number of aromatic nitrogens is 1. The van der Waals surface area contributed by atoms with Crippen molar-refractivity contribution in [1.29, 1.82) is 5.26 Å². The molecule has 0 spiro atoms. The largest absolute Gasteiger partial charge is 0.492 e. The van der Waals surface area contributed by atoms with Gasteiger partial charge in [-0.2, -0.15) is 5.26 Å². The lowest BCUT2D eigenvalue weighted by Gasteiger charge is -2.17. The zero-order valence-electron chi connectivity index (χ0n) is 14.8. The smallest absolute Gasteiger partial charge is 0.219 e. The number of hydrogen-bond acceptors (Lipinski definition) is 5. The van der Waals surface area contributed by atoms with Gasteiger partial charge in [-0.3, -0.25) is 4.79 Å². The minimum Gasteiger partial charge on any atom is -0.492 e. The Morgan fingerprint density at radius 3 is 2.75 bits per heavy atom. The molecule has 0 bridgehead atoms. The number of halogens is 1. The fourth-order valence-corrected chi connectivity index (χ4v) is 3.05. The molecule has 0 aliphatic carbocycles. The Bertz CT molecular complexity index is 1090. The van der Waals surface area contributed by atoms with Gasteiger partial charge < -0.3 is 9.47 Å². The highest BCUT2D eigenvalue weighted by atomic mass is 19.1. The summed E-state index contributed by atoms with van der Waals surface area (Å²) < 4.78 is 25.4. The van der Waals surface area contributed by atoms with Gasteiger partial charge in [0.25, 0.3) is 0 Å². The number of pyridine rings is 1. The SMILES string of the molecule is N#Cc1ccc(Cc2ccnc(Oc3cc(F)c4c(c3)OCCC4=O)c2)cc1. The molecule has 2 heterocycles. The minimum atomic E-state index is -0.661. The second-order valence-corrected chi connectivity index (χ2v) is 6.39. The first-order valence-corrected chi connectivity index (χ1v) is 8.74. The molecule has 5 nitrogen and oxygen atoms in total. The monoisotopic (exact) mass is 374 g/mol. The summed E-state index contributed by atoms with van der Waals surface area (Å²) in [5, 5.41) is 8.87. The van der Waals surface area contributed by atoms with Crippen molar-refractivity contribution in [3.05, 3.63) is 82.8 Å². The van der Waals surface area contributed by atoms with Gasteiger partial charge in [0.1, 0.15) is 17.3 Å². The molecule has 1 aliphatic rings. The first-order chi connectivity index (χ1) is 13.6. The second kappa shape index (κ2) is 7.49. The van der Waals surface area contributed by atoms with Crippen LogP contribution in [0.15, 0.2) is 54.7 Å². The van der Waals surface area contributed by atoms with E-state index in [4.69, 9.17) is 14.7 Å². The van der Waals surface area contributed by atoms with Gasteiger partial charge in [0.15, 0.2) is 5.78 Å². The molecule has 1 aliphatic heterocycles. The Labute approximate surface area is 161 Å². The van der Waals surface area contributed by atoms with Crippen LogP contribution in [0.1, 0.15) is 33.5 Å². The van der Waals surface area contributed by atoms with Gasteiger partial charge in [-0.1, -0.05) is 12.1 Å².